The molecule has 0 N–H and O–H groups in total. The molecule has 1 rings (SSSR count). The SMILES string of the molecule is CC1=C(\C)C(Cl)=C=CC/C=C\1. The lowest BCUT2D eigenvalue weighted by Crippen LogP contribution is -1.81. The number of halogens is 1. The average Bonchev–Trinajstić information content (AvgIpc) is 2.00. The fourth-order valence-corrected chi connectivity index (χ4v) is 1.09. The lowest BCUT2D eigenvalue weighted by Gasteiger charge is -2.01. The first-order valence-electron chi connectivity index (χ1n) is 3.67. The van der Waals surface area contributed by atoms with Crippen molar-refractivity contribution in [2.75, 3.05) is 0 Å². The molecular formula is C10H11Cl. The van der Waals surface area contributed by atoms with Gasteiger partial charge < -0.3 is 0 Å². The van der Waals surface area contributed by atoms with Crippen molar-refractivity contribution in [3.05, 3.63) is 40.1 Å². The molecule has 0 spiro atoms. The molecule has 0 saturated heterocycles. The third-order valence-corrected chi connectivity index (χ3v) is 2.16. The first-order chi connectivity index (χ1) is 5.22. The molecule has 0 aromatic carbocycles. The van der Waals surface area contributed by atoms with E-state index in [2.05, 4.69) is 24.8 Å². The second kappa shape index (κ2) is 3.61. The van der Waals surface area contributed by atoms with E-state index in [1.165, 1.54) is 5.57 Å². The van der Waals surface area contributed by atoms with Gasteiger partial charge in [0.25, 0.3) is 0 Å². The zero-order chi connectivity index (χ0) is 8.27. The van der Waals surface area contributed by atoms with Gasteiger partial charge >= 0.3 is 0 Å². The lowest BCUT2D eigenvalue weighted by molar-refractivity contribution is 1.30. The van der Waals surface area contributed by atoms with Crippen LogP contribution in [0.2, 0.25) is 0 Å². The Morgan fingerprint density at radius 3 is 2.91 bits per heavy atom. The van der Waals surface area contributed by atoms with Crippen molar-refractivity contribution in [3.63, 3.8) is 0 Å². The number of hydrogen-bond acceptors (Lipinski definition) is 0. The van der Waals surface area contributed by atoms with Crippen LogP contribution in [0.1, 0.15) is 20.3 Å². The van der Waals surface area contributed by atoms with Crippen LogP contribution in [-0.4, -0.2) is 0 Å². The van der Waals surface area contributed by atoms with E-state index in [0.717, 1.165) is 17.0 Å². The minimum atomic E-state index is 0.729. The molecule has 0 heterocycles. The van der Waals surface area contributed by atoms with Crippen molar-refractivity contribution in [1.29, 1.82) is 0 Å². The first-order valence-corrected chi connectivity index (χ1v) is 4.04. The Kier molecular flexibility index (Phi) is 2.76. The van der Waals surface area contributed by atoms with Crippen molar-refractivity contribution < 1.29 is 0 Å². The third-order valence-electron chi connectivity index (χ3n) is 1.77. The van der Waals surface area contributed by atoms with Gasteiger partial charge in [0.15, 0.2) is 0 Å². The summed E-state index contributed by atoms with van der Waals surface area (Å²) in [5.41, 5.74) is 5.34. The molecule has 58 valence electrons. The second-order valence-corrected chi connectivity index (χ2v) is 2.99. The highest BCUT2D eigenvalue weighted by Crippen LogP contribution is 2.19. The lowest BCUT2D eigenvalue weighted by atomic mass is 10.1. The predicted molar refractivity (Wildman–Crippen MR) is 49.6 cm³/mol. The van der Waals surface area contributed by atoms with Gasteiger partial charge in [-0.25, -0.2) is 0 Å². The Hall–Kier alpha value is -0.710. The molecule has 0 unspecified atom stereocenters. The normalized spacial score (nSPS) is 27.4. The summed E-state index contributed by atoms with van der Waals surface area (Å²) < 4.78 is 0. The van der Waals surface area contributed by atoms with Crippen LogP contribution in [0.5, 0.6) is 0 Å². The maximum Gasteiger partial charge on any atom is 0.0853 e. The van der Waals surface area contributed by atoms with E-state index in [4.69, 9.17) is 11.6 Å². The van der Waals surface area contributed by atoms with Gasteiger partial charge in [-0.1, -0.05) is 23.8 Å². The van der Waals surface area contributed by atoms with Gasteiger partial charge in [0, 0.05) is 0 Å². The Morgan fingerprint density at radius 1 is 1.45 bits per heavy atom. The summed E-state index contributed by atoms with van der Waals surface area (Å²) >= 11 is 5.92. The van der Waals surface area contributed by atoms with Crippen LogP contribution in [-0.2, 0) is 0 Å². The molecule has 1 aliphatic rings. The van der Waals surface area contributed by atoms with Gasteiger partial charge in [0.2, 0.25) is 0 Å². The highest BCUT2D eigenvalue weighted by atomic mass is 35.5. The predicted octanol–water partition coefficient (Wildman–Crippen LogP) is 3.56. The Bertz CT molecular complexity index is 273. The van der Waals surface area contributed by atoms with Crippen molar-refractivity contribution in [3.8, 4) is 0 Å². The molecule has 0 radical (unpaired) electrons. The van der Waals surface area contributed by atoms with Gasteiger partial charge in [-0.05, 0) is 37.5 Å². The Balaban J connectivity index is 3.13. The highest BCUT2D eigenvalue weighted by Gasteiger charge is 1.98. The van der Waals surface area contributed by atoms with Crippen LogP contribution in [0.3, 0.4) is 0 Å². The fraction of sp³-hybridized carbons (Fsp3) is 0.300. The molecule has 0 aromatic heterocycles. The summed E-state index contributed by atoms with van der Waals surface area (Å²) in [6.45, 7) is 4.06. The molecule has 0 nitrogen and oxygen atoms in total. The largest absolute Gasteiger partial charge is 0.104 e. The van der Waals surface area contributed by atoms with E-state index in [0.29, 0.717) is 0 Å². The minimum Gasteiger partial charge on any atom is -0.104 e. The minimum absolute atomic E-state index is 0.729. The molecule has 0 saturated carbocycles. The van der Waals surface area contributed by atoms with Crippen molar-refractivity contribution in [1.82, 2.24) is 0 Å². The number of hydrogen-bond donors (Lipinski definition) is 0. The summed E-state index contributed by atoms with van der Waals surface area (Å²) in [5.74, 6) is 0. The van der Waals surface area contributed by atoms with Crippen LogP contribution in [0.4, 0.5) is 0 Å². The third kappa shape index (κ3) is 2.11. The number of allylic oxidation sites excluding steroid dienone is 5. The van der Waals surface area contributed by atoms with Gasteiger partial charge in [-0.2, -0.15) is 0 Å². The molecular weight excluding hydrogens is 156 g/mol. The van der Waals surface area contributed by atoms with Crippen molar-refractivity contribution >= 4 is 11.6 Å². The van der Waals surface area contributed by atoms with E-state index in [9.17, 15) is 0 Å². The maximum absolute atomic E-state index is 5.92. The second-order valence-electron chi connectivity index (χ2n) is 2.61. The summed E-state index contributed by atoms with van der Waals surface area (Å²) in [6, 6.07) is 0. The molecule has 1 heteroatoms. The van der Waals surface area contributed by atoms with Gasteiger partial charge in [0.1, 0.15) is 0 Å². The summed E-state index contributed by atoms with van der Waals surface area (Å²) in [7, 11) is 0. The number of rotatable bonds is 0. The molecule has 0 aromatic rings. The molecule has 0 amide bonds. The average molecular weight is 167 g/mol. The summed E-state index contributed by atoms with van der Waals surface area (Å²) in [6.07, 6.45) is 7.06. The topological polar surface area (TPSA) is 0 Å². The van der Waals surface area contributed by atoms with Crippen LogP contribution < -0.4 is 0 Å². The van der Waals surface area contributed by atoms with E-state index in [1.807, 2.05) is 13.0 Å². The van der Waals surface area contributed by atoms with Gasteiger partial charge in [0.05, 0.1) is 5.03 Å². The monoisotopic (exact) mass is 166 g/mol. The summed E-state index contributed by atoms with van der Waals surface area (Å²) in [5, 5.41) is 0.729. The van der Waals surface area contributed by atoms with E-state index in [-0.39, 0.29) is 0 Å². The maximum atomic E-state index is 5.92. The van der Waals surface area contributed by atoms with E-state index in [1.54, 1.807) is 0 Å². The Morgan fingerprint density at radius 2 is 2.18 bits per heavy atom. The zero-order valence-electron chi connectivity index (χ0n) is 6.82. The van der Waals surface area contributed by atoms with Crippen LogP contribution in [0.25, 0.3) is 0 Å². The zero-order valence-corrected chi connectivity index (χ0v) is 7.57. The first kappa shape index (κ1) is 8.39. The smallest absolute Gasteiger partial charge is 0.0853 e. The quantitative estimate of drug-likeness (QED) is 0.483. The highest BCUT2D eigenvalue weighted by molar-refractivity contribution is 6.31. The van der Waals surface area contributed by atoms with Crippen molar-refractivity contribution in [2.45, 2.75) is 20.3 Å². The molecule has 0 aliphatic heterocycles. The molecule has 1 aliphatic carbocycles. The van der Waals surface area contributed by atoms with Crippen LogP contribution in [0, 0.1) is 0 Å². The molecule has 0 atom stereocenters. The summed E-state index contributed by atoms with van der Waals surface area (Å²) in [4.78, 5) is 0. The van der Waals surface area contributed by atoms with Crippen molar-refractivity contribution in [2.24, 2.45) is 0 Å². The fourth-order valence-electron chi connectivity index (χ4n) is 0.868. The molecule has 0 bridgehead atoms. The molecule has 0 fully saturated rings. The Labute approximate surface area is 72.6 Å². The van der Waals surface area contributed by atoms with Gasteiger partial charge in [-0.3, -0.25) is 0 Å². The van der Waals surface area contributed by atoms with E-state index < -0.39 is 0 Å². The standard InChI is InChI=1S/C10H11Cl/c1-8-6-4-3-5-7-10(11)9(8)2/h4-6H,3H2,1-2H3/b6-4-,9-8-. The van der Waals surface area contributed by atoms with Crippen LogP contribution in [0.15, 0.2) is 40.1 Å². The molecule has 11 heavy (non-hydrogen) atoms. The van der Waals surface area contributed by atoms with Crippen LogP contribution >= 0.6 is 11.6 Å². The van der Waals surface area contributed by atoms with E-state index >= 15 is 0 Å². The van der Waals surface area contributed by atoms with Gasteiger partial charge in [-0.15, -0.1) is 5.73 Å².